The van der Waals surface area contributed by atoms with Crippen molar-refractivity contribution in [2.45, 2.75) is 6.92 Å². The van der Waals surface area contributed by atoms with E-state index in [9.17, 15) is 9.18 Å². The molecule has 2 heterocycles. The molecule has 1 aliphatic heterocycles. The van der Waals surface area contributed by atoms with E-state index in [1.54, 1.807) is 12.1 Å². The quantitative estimate of drug-likeness (QED) is 0.857. The van der Waals surface area contributed by atoms with E-state index in [1.165, 1.54) is 12.1 Å². The summed E-state index contributed by atoms with van der Waals surface area (Å²) in [7, 11) is 4.04. The smallest absolute Gasteiger partial charge is 0.254 e. The number of nitrogens with zero attached hydrogens (tertiary/aromatic N) is 3. The average Bonchev–Trinajstić information content (AvgIpc) is 2.78. The molecule has 134 valence electrons. The molecule has 1 aromatic heterocycles. The summed E-state index contributed by atoms with van der Waals surface area (Å²) in [4.78, 5) is 21.5. The average molecular weight is 345 g/mol. The van der Waals surface area contributed by atoms with Gasteiger partial charge in [-0.15, -0.1) is 0 Å². The first-order valence-corrected chi connectivity index (χ1v) is 8.52. The third-order valence-corrected chi connectivity index (χ3v) is 4.38. The molecule has 0 radical (unpaired) electrons. The van der Waals surface area contributed by atoms with Crippen LogP contribution in [0.1, 0.15) is 16.1 Å². The summed E-state index contributed by atoms with van der Waals surface area (Å²) < 4.78 is 19.2. The monoisotopic (exact) mass is 345 g/mol. The number of benzene rings is 1. The summed E-state index contributed by atoms with van der Waals surface area (Å²) in [5, 5.41) is 0.686. The van der Waals surface area contributed by atoms with Crippen LogP contribution >= 0.6 is 0 Å². The highest BCUT2D eigenvalue weighted by molar-refractivity contribution is 6.06. The molecule has 5 nitrogen and oxygen atoms in total. The van der Waals surface area contributed by atoms with Crippen LogP contribution in [0.5, 0.6) is 0 Å². The molecule has 1 atom stereocenters. The van der Waals surface area contributed by atoms with Crippen molar-refractivity contribution in [3.8, 4) is 0 Å². The van der Waals surface area contributed by atoms with Crippen molar-refractivity contribution in [1.29, 1.82) is 0 Å². The van der Waals surface area contributed by atoms with Crippen LogP contribution in [0.3, 0.4) is 0 Å². The molecule has 6 heteroatoms. The molecule has 1 fully saturated rings. The molecule has 0 aliphatic carbocycles. The largest absolute Gasteiger partial charge is 0.379 e. The molecule has 1 unspecified atom stereocenters. The summed E-state index contributed by atoms with van der Waals surface area (Å²) in [5.74, 6) is -0.123. The lowest BCUT2D eigenvalue weighted by molar-refractivity contribution is 0.0737. The predicted octanol–water partition coefficient (Wildman–Crippen LogP) is 2.33. The molecular weight excluding hydrogens is 321 g/mol. The summed E-state index contributed by atoms with van der Waals surface area (Å²) in [6.45, 7) is 5.09. The minimum atomic E-state index is -0.349. The van der Waals surface area contributed by atoms with E-state index >= 15 is 0 Å². The van der Waals surface area contributed by atoms with Gasteiger partial charge in [-0.25, -0.2) is 4.39 Å². The number of amides is 1. The molecule has 1 aromatic carbocycles. The Balaban J connectivity index is 1.92. The van der Waals surface area contributed by atoms with E-state index in [2.05, 4.69) is 9.88 Å². The van der Waals surface area contributed by atoms with Crippen molar-refractivity contribution in [2.24, 2.45) is 5.92 Å². The standard InChI is InChI=1S/C19H24FN3O2/c1-13-8-17(16-5-4-15(20)9-18(16)21-13)19(24)23-6-7-25-12-14(11-23)10-22(2)3/h4-5,8-9,14H,6-7,10-12H2,1-3H3. The van der Waals surface area contributed by atoms with Gasteiger partial charge >= 0.3 is 0 Å². The number of halogens is 1. The van der Waals surface area contributed by atoms with Gasteiger partial charge in [0, 0.05) is 42.7 Å². The van der Waals surface area contributed by atoms with E-state index in [1.807, 2.05) is 25.9 Å². The maximum Gasteiger partial charge on any atom is 0.254 e. The predicted molar refractivity (Wildman–Crippen MR) is 95.2 cm³/mol. The maximum absolute atomic E-state index is 13.5. The van der Waals surface area contributed by atoms with Crippen LogP contribution in [-0.4, -0.2) is 67.6 Å². The Morgan fingerprint density at radius 1 is 1.40 bits per heavy atom. The van der Waals surface area contributed by atoms with Crippen molar-refractivity contribution in [3.63, 3.8) is 0 Å². The number of carbonyl (C=O) groups excluding carboxylic acids is 1. The number of aryl methyl sites for hydroxylation is 1. The van der Waals surface area contributed by atoms with E-state index in [-0.39, 0.29) is 17.6 Å². The number of pyridine rings is 1. The second kappa shape index (κ2) is 7.45. The summed E-state index contributed by atoms with van der Waals surface area (Å²) >= 11 is 0. The van der Waals surface area contributed by atoms with Gasteiger partial charge in [0.05, 0.1) is 24.3 Å². The third-order valence-electron chi connectivity index (χ3n) is 4.38. The minimum absolute atomic E-state index is 0.0450. The summed E-state index contributed by atoms with van der Waals surface area (Å²) in [6.07, 6.45) is 0. The number of rotatable bonds is 3. The molecule has 1 saturated heterocycles. The van der Waals surface area contributed by atoms with E-state index in [0.717, 1.165) is 6.54 Å². The lowest BCUT2D eigenvalue weighted by Gasteiger charge is -2.26. The van der Waals surface area contributed by atoms with E-state index in [4.69, 9.17) is 4.74 Å². The Morgan fingerprint density at radius 3 is 2.96 bits per heavy atom. The normalized spacial score (nSPS) is 18.6. The molecule has 0 saturated carbocycles. The first-order chi connectivity index (χ1) is 11.9. The lowest BCUT2D eigenvalue weighted by atomic mass is 10.0. The molecule has 0 bridgehead atoms. The topological polar surface area (TPSA) is 45.7 Å². The molecular formula is C19H24FN3O2. The first-order valence-electron chi connectivity index (χ1n) is 8.52. The van der Waals surface area contributed by atoms with Gasteiger partial charge in [-0.05, 0) is 39.2 Å². The van der Waals surface area contributed by atoms with E-state index in [0.29, 0.717) is 48.5 Å². The Labute approximate surface area is 147 Å². The maximum atomic E-state index is 13.5. The van der Waals surface area contributed by atoms with Crippen molar-refractivity contribution in [2.75, 3.05) is 46.9 Å². The summed E-state index contributed by atoms with van der Waals surface area (Å²) in [6, 6.07) is 6.17. The van der Waals surface area contributed by atoms with Crippen molar-refractivity contribution >= 4 is 16.8 Å². The zero-order valence-electron chi connectivity index (χ0n) is 15.0. The van der Waals surface area contributed by atoms with Gasteiger partial charge in [0.25, 0.3) is 5.91 Å². The van der Waals surface area contributed by atoms with E-state index < -0.39 is 0 Å². The first kappa shape index (κ1) is 17.8. The lowest BCUT2D eigenvalue weighted by Crippen LogP contribution is -2.38. The van der Waals surface area contributed by atoms with Gasteiger partial charge in [-0.1, -0.05) is 0 Å². The second-order valence-corrected chi connectivity index (χ2v) is 6.93. The Hall–Kier alpha value is -2.05. The van der Waals surface area contributed by atoms with Gasteiger partial charge in [-0.2, -0.15) is 0 Å². The van der Waals surface area contributed by atoms with Gasteiger partial charge in [0.2, 0.25) is 0 Å². The molecule has 25 heavy (non-hydrogen) atoms. The SMILES string of the molecule is Cc1cc(C(=O)N2CCOCC(CN(C)C)C2)c2ccc(F)cc2n1. The molecule has 3 rings (SSSR count). The van der Waals surface area contributed by atoms with Crippen molar-refractivity contribution in [3.05, 3.63) is 41.3 Å². The van der Waals surface area contributed by atoms with Crippen LogP contribution in [0.4, 0.5) is 4.39 Å². The third kappa shape index (κ3) is 4.14. The van der Waals surface area contributed by atoms with Crippen LogP contribution < -0.4 is 0 Å². The number of carbonyl (C=O) groups is 1. The van der Waals surface area contributed by atoms with Gasteiger partial charge in [0.15, 0.2) is 0 Å². The Kier molecular flexibility index (Phi) is 5.30. The number of aromatic nitrogens is 1. The number of hydrogen-bond donors (Lipinski definition) is 0. The zero-order valence-corrected chi connectivity index (χ0v) is 15.0. The Morgan fingerprint density at radius 2 is 2.20 bits per heavy atom. The fourth-order valence-corrected chi connectivity index (χ4v) is 3.37. The van der Waals surface area contributed by atoms with Crippen LogP contribution in [0.25, 0.3) is 10.9 Å². The van der Waals surface area contributed by atoms with Gasteiger partial charge in [-0.3, -0.25) is 9.78 Å². The van der Waals surface area contributed by atoms with Crippen molar-refractivity contribution < 1.29 is 13.9 Å². The van der Waals surface area contributed by atoms with Crippen LogP contribution in [-0.2, 0) is 4.74 Å². The highest BCUT2D eigenvalue weighted by atomic mass is 19.1. The molecule has 1 aliphatic rings. The fraction of sp³-hybridized carbons (Fsp3) is 0.474. The molecule has 0 spiro atoms. The highest BCUT2D eigenvalue weighted by Crippen LogP contribution is 2.22. The number of hydrogen-bond acceptors (Lipinski definition) is 4. The Bertz CT molecular complexity index is 773. The van der Waals surface area contributed by atoms with Gasteiger partial charge in [0.1, 0.15) is 5.82 Å². The number of ether oxygens (including phenoxy) is 1. The second-order valence-electron chi connectivity index (χ2n) is 6.93. The number of fused-ring (bicyclic) bond motifs is 1. The summed E-state index contributed by atoms with van der Waals surface area (Å²) in [5.41, 5.74) is 1.80. The molecule has 0 N–H and O–H groups in total. The van der Waals surface area contributed by atoms with Crippen LogP contribution in [0.2, 0.25) is 0 Å². The molecule has 1 amide bonds. The zero-order chi connectivity index (χ0) is 18.0. The van der Waals surface area contributed by atoms with Crippen molar-refractivity contribution in [1.82, 2.24) is 14.8 Å². The van der Waals surface area contributed by atoms with Crippen LogP contribution in [0, 0.1) is 18.7 Å². The highest BCUT2D eigenvalue weighted by Gasteiger charge is 2.25. The molecule has 2 aromatic rings. The van der Waals surface area contributed by atoms with Crippen LogP contribution in [0.15, 0.2) is 24.3 Å². The minimum Gasteiger partial charge on any atom is -0.379 e. The van der Waals surface area contributed by atoms with Gasteiger partial charge < -0.3 is 14.5 Å². The fourth-order valence-electron chi connectivity index (χ4n) is 3.37.